The Morgan fingerprint density at radius 3 is 2.47 bits per heavy atom. The van der Waals surface area contributed by atoms with E-state index in [2.05, 4.69) is 4.74 Å². The van der Waals surface area contributed by atoms with Crippen LogP contribution in [0, 0.1) is 6.61 Å². The Kier molecular flexibility index (Phi) is 4.86. The number of rotatable bonds is 3. The van der Waals surface area contributed by atoms with Crippen molar-refractivity contribution in [2.45, 2.75) is 38.3 Å². The lowest BCUT2D eigenvalue weighted by Crippen LogP contribution is -2.54. The third-order valence-corrected chi connectivity index (χ3v) is 2.20. The van der Waals surface area contributed by atoms with Gasteiger partial charge in [-0.15, -0.1) is 0 Å². The highest BCUT2D eigenvalue weighted by Gasteiger charge is 2.41. The summed E-state index contributed by atoms with van der Waals surface area (Å²) in [5.74, 6) is -1.15. The summed E-state index contributed by atoms with van der Waals surface area (Å²) in [4.78, 5) is 21.4. The van der Waals surface area contributed by atoms with Crippen molar-refractivity contribution in [1.29, 1.82) is 0 Å². The molecule has 0 unspecified atom stereocenters. The molecule has 0 aromatic rings. The maximum absolute atomic E-state index is 10.8. The number of hydrogen-bond donors (Lipinski definition) is 2. The highest BCUT2D eigenvalue weighted by Crippen LogP contribution is 2.21. The summed E-state index contributed by atoms with van der Waals surface area (Å²) in [6.45, 7) is 3.24. The third kappa shape index (κ3) is 3.95. The van der Waals surface area contributed by atoms with Gasteiger partial charge in [-0.05, 0) is 0 Å². The van der Waals surface area contributed by atoms with Crippen molar-refractivity contribution < 1.29 is 34.0 Å². The van der Waals surface area contributed by atoms with Crippen LogP contribution in [-0.2, 0) is 23.8 Å². The quantitative estimate of drug-likeness (QED) is 0.601. The zero-order valence-corrected chi connectivity index (χ0v) is 9.53. The van der Waals surface area contributed by atoms with E-state index in [1.54, 1.807) is 0 Å². The van der Waals surface area contributed by atoms with Crippen molar-refractivity contribution in [3.8, 4) is 0 Å². The van der Waals surface area contributed by atoms with Crippen LogP contribution in [0.5, 0.6) is 0 Å². The molecule has 0 amide bonds. The molecule has 0 aromatic carbocycles. The molecule has 7 heteroatoms. The molecule has 0 aromatic heterocycles. The van der Waals surface area contributed by atoms with E-state index in [0.29, 0.717) is 0 Å². The normalized spacial score (nSPS) is 32.9. The smallest absolute Gasteiger partial charge is 0.303 e. The second-order valence-corrected chi connectivity index (χ2v) is 3.67. The van der Waals surface area contributed by atoms with E-state index in [0.717, 1.165) is 13.5 Å². The molecule has 4 atom stereocenters. The van der Waals surface area contributed by atoms with Crippen molar-refractivity contribution in [3.05, 3.63) is 6.61 Å². The number of esters is 2. The molecule has 1 saturated heterocycles. The molecule has 2 N–H and O–H groups in total. The van der Waals surface area contributed by atoms with Crippen LogP contribution in [0.15, 0.2) is 0 Å². The van der Waals surface area contributed by atoms with Gasteiger partial charge in [-0.3, -0.25) is 9.59 Å². The monoisotopic (exact) mass is 247 g/mol. The molecule has 1 aliphatic rings. The first-order chi connectivity index (χ1) is 7.91. The minimum atomic E-state index is -1.27. The van der Waals surface area contributed by atoms with Crippen molar-refractivity contribution in [1.82, 2.24) is 0 Å². The fourth-order valence-electron chi connectivity index (χ4n) is 1.42. The molecule has 97 valence electrons. The highest BCUT2D eigenvalue weighted by molar-refractivity contribution is 5.66. The van der Waals surface area contributed by atoms with Crippen molar-refractivity contribution in [2.24, 2.45) is 0 Å². The molecule has 0 spiro atoms. The molecule has 1 rings (SSSR count). The van der Waals surface area contributed by atoms with Crippen LogP contribution in [0.1, 0.15) is 13.8 Å². The molecule has 17 heavy (non-hydrogen) atoms. The summed E-state index contributed by atoms with van der Waals surface area (Å²) in [5, 5.41) is 19.2. The third-order valence-electron chi connectivity index (χ3n) is 2.20. The average Bonchev–Trinajstić information content (AvgIpc) is 2.22. The van der Waals surface area contributed by atoms with Crippen molar-refractivity contribution in [3.63, 3.8) is 0 Å². The first-order valence-electron chi connectivity index (χ1n) is 5.07. The van der Waals surface area contributed by atoms with E-state index in [-0.39, 0.29) is 6.61 Å². The molecule has 0 aliphatic carbocycles. The SMILES string of the molecule is CC(=O)OC[C@H]1O[CH][C@H](O)[C@@H](OC(C)=O)[C@@H]1O. The summed E-state index contributed by atoms with van der Waals surface area (Å²) in [7, 11) is 0. The lowest BCUT2D eigenvalue weighted by atomic mass is 10.0. The van der Waals surface area contributed by atoms with Crippen LogP contribution in [0.2, 0.25) is 0 Å². The molecule has 1 heterocycles. The van der Waals surface area contributed by atoms with E-state index in [1.165, 1.54) is 6.92 Å². The van der Waals surface area contributed by atoms with Crippen LogP contribution in [0.25, 0.3) is 0 Å². The predicted molar refractivity (Wildman–Crippen MR) is 53.4 cm³/mol. The number of ether oxygens (including phenoxy) is 3. The number of aliphatic hydroxyl groups is 2. The van der Waals surface area contributed by atoms with Gasteiger partial charge >= 0.3 is 11.9 Å². The Balaban J connectivity index is 2.58. The Hall–Kier alpha value is -1.18. The molecule has 0 bridgehead atoms. The first kappa shape index (κ1) is 13.9. The summed E-state index contributed by atoms with van der Waals surface area (Å²) in [6.07, 6.45) is -4.48. The second-order valence-electron chi connectivity index (χ2n) is 3.67. The summed E-state index contributed by atoms with van der Waals surface area (Å²) >= 11 is 0. The lowest BCUT2D eigenvalue weighted by molar-refractivity contribution is -0.198. The van der Waals surface area contributed by atoms with Crippen LogP contribution in [0.4, 0.5) is 0 Å². The largest absolute Gasteiger partial charge is 0.463 e. The van der Waals surface area contributed by atoms with Gasteiger partial charge in [0.15, 0.2) is 6.10 Å². The van der Waals surface area contributed by atoms with Gasteiger partial charge in [0, 0.05) is 13.8 Å². The molecule has 7 nitrogen and oxygen atoms in total. The standard InChI is InChI=1S/C10H15O7/c1-5(11)15-4-8-9(14)10(17-6(2)12)7(13)3-16-8/h3,7-10,13-14H,4H2,1-2H3/t7-,8+,9+,10+/m0/s1. The fraction of sp³-hybridized carbons (Fsp3) is 0.700. The van der Waals surface area contributed by atoms with E-state index >= 15 is 0 Å². The average molecular weight is 247 g/mol. The predicted octanol–water partition coefficient (Wildman–Crippen LogP) is -1.24. The Morgan fingerprint density at radius 1 is 1.29 bits per heavy atom. The molecule has 0 saturated carbocycles. The Bertz CT molecular complexity index is 290. The maximum Gasteiger partial charge on any atom is 0.303 e. The van der Waals surface area contributed by atoms with Crippen molar-refractivity contribution in [2.75, 3.05) is 6.61 Å². The summed E-state index contributed by atoms with van der Waals surface area (Å²) in [5.41, 5.74) is 0. The summed E-state index contributed by atoms with van der Waals surface area (Å²) in [6, 6.07) is 0. The Labute approximate surface area is 98.3 Å². The van der Waals surface area contributed by atoms with Crippen LogP contribution in [-0.4, -0.2) is 53.2 Å². The van der Waals surface area contributed by atoms with Gasteiger partial charge in [0.05, 0.1) is 0 Å². The molecular formula is C10H15O7. The number of carbonyl (C=O) groups excluding carboxylic acids is 2. The highest BCUT2D eigenvalue weighted by atomic mass is 16.6. The zero-order valence-electron chi connectivity index (χ0n) is 9.53. The number of hydrogen-bond acceptors (Lipinski definition) is 7. The Morgan fingerprint density at radius 2 is 1.94 bits per heavy atom. The van der Waals surface area contributed by atoms with Gasteiger partial charge in [0.25, 0.3) is 0 Å². The molecule has 1 radical (unpaired) electrons. The van der Waals surface area contributed by atoms with Crippen LogP contribution < -0.4 is 0 Å². The number of aliphatic hydroxyl groups excluding tert-OH is 2. The van der Waals surface area contributed by atoms with E-state index in [9.17, 15) is 19.8 Å². The van der Waals surface area contributed by atoms with Gasteiger partial charge < -0.3 is 24.4 Å². The summed E-state index contributed by atoms with van der Waals surface area (Å²) < 4.78 is 14.4. The van der Waals surface area contributed by atoms with E-state index in [1.807, 2.05) is 0 Å². The van der Waals surface area contributed by atoms with Crippen molar-refractivity contribution >= 4 is 11.9 Å². The van der Waals surface area contributed by atoms with Crippen LogP contribution in [0.3, 0.4) is 0 Å². The zero-order chi connectivity index (χ0) is 13.0. The minimum absolute atomic E-state index is 0.183. The first-order valence-corrected chi connectivity index (χ1v) is 5.07. The van der Waals surface area contributed by atoms with E-state index in [4.69, 9.17) is 9.47 Å². The van der Waals surface area contributed by atoms with E-state index < -0.39 is 36.4 Å². The van der Waals surface area contributed by atoms with Gasteiger partial charge in [0.1, 0.15) is 31.5 Å². The second kappa shape index (κ2) is 5.95. The van der Waals surface area contributed by atoms with Gasteiger partial charge in [-0.1, -0.05) is 0 Å². The molecule has 1 fully saturated rings. The van der Waals surface area contributed by atoms with Gasteiger partial charge in [-0.25, -0.2) is 0 Å². The topological polar surface area (TPSA) is 102 Å². The minimum Gasteiger partial charge on any atom is -0.463 e. The molecular weight excluding hydrogens is 232 g/mol. The van der Waals surface area contributed by atoms with Gasteiger partial charge in [0.2, 0.25) is 0 Å². The lowest BCUT2D eigenvalue weighted by Gasteiger charge is -2.36. The maximum atomic E-state index is 10.8. The van der Waals surface area contributed by atoms with Crippen LogP contribution >= 0.6 is 0 Å². The fourth-order valence-corrected chi connectivity index (χ4v) is 1.42. The van der Waals surface area contributed by atoms with Gasteiger partial charge in [-0.2, -0.15) is 0 Å². The molecule has 1 aliphatic heterocycles. The number of carbonyl (C=O) groups is 2.